The van der Waals surface area contributed by atoms with Crippen LogP contribution < -0.4 is 10.1 Å². The van der Waals surface area contributed by atoms with Gasteiger partial charge in [0.1, 0.15) is 0 Å². The molecule has 0 atom stereocenters. The first-order valence-electron chi connectivity index (χ1n) is 5.52. The van der Waals surface area contributed by atoms with Crippen LogP contribution in [-0.2, 0) is 0 Å². The summed E-state index contributed by atoms with van der Waals surface area (Å²) in [4.78, 5) is 8.41. The Balaban J connectivity index is 2.64. The van der Waals surface area contributed by atoms with Gasteiger partial charge in [0.15, 0.2) is 0 Å². The molecule has 0 fully saturated rings. The minimum Gasteiger partial charge on any atom is -0.478 e. The van der Waals surface area contributed by atoms with Crippen LogP contribution in [-0.4, -0.2) is 22.6 Å². The molecular formula is C11H19N3O. The molecule has 1 aromatic heterocycles. The smallest absolute Gasteiger partial charge is 0.226 e. The Labute approximate surface area is 91.1 Å². The summed E-state index contributed by atoms with van der Waals surface area (Å²) in [5, 5.41) is 3.27. The van der Waals surface area contributed by atoms with Crippen LogP contribution in [0.2, 0.25) is 0 Å². The molecule has 84 valence electrons. The van der Waals surface area contributed by atoms with Crippen molar-refractivity contribution in [3.63, 3.8) is 0 Å². The molecule has 0 unspecified atom stereocenters. The van der Waals surface area contributed by atoms with E-state index in [1.54, 1.807) is 12.3 Å². The number of hydrogen-bond acceptors (Lipinski definition) is 4. The maximum Gasteiger partial charge on any atom is 0.226 e. The standard InChI is InChI=1S/C11H19N3O/c1-4-9(5-2)13-11-12-8-7-10(14-11)15-6-3/h7-9H,4-6H2,1-3H3,(H,12,13,14). The lowest BCUT2D eigenvalue weighted by Gasteiger charge is -2.14. The van der Waals surface area contributed by atoms with Gasteiger partial charge in [0, 0.05) is 18.3 Å². The third-order valence-electron chi connectivity index (χ3n) is 2.24. The van der Waals surface area contributed by atoms with Crippen LogP contribution in [0, 0.1) is 0 Å². The summed E-state index contributed by atoms with van der Waals surface area (Å²) < 4.78 is 5.30. The van der Waals surface area contributed by atoms with Crippen molar-refractivity contribution in [2.45, 2.75) is 39.7 Å². The second-order valence-electron chi connectivity index (χ2n) is 3.31. The first kappa shape index (κ1) is 11.8. The summed E-state index contributed by atoms with van der Waals surface area (Å²) in [5.74, 6) is 1.27. The lowest BCUT2D eigenvalue weighted by Crippen LogP contribution is -2.18. The van der Waals surface area contributed by atoms with Crippen molar-refractivity contribution in [2.24, 2.45) is 0 Å². The van der Waals surface area contributed by atoms with Gasteiger partial charge in [-0.2, -0.15) is 4.98 Å². The number of rotatable bonds is 6. The molecule has 15 heavy (non-hydrogen) atoms. The lowest BCUT2D eigenvalue weighted by atomic mass is 10.2. The van der Waals surface area contributed by atoms with Gasteiger partial charge >= 0.3 is 0 Å². The van der Waals surface area contributed by atoms with Gasteiger partial charge in [-0.1, -0.05) is 13.8 Å². The average Bonchev–Trinajstić information content (AvgIpc) is 2.27. The molecule has 4 nitrogen and oxygen atoms in total. The summed E-state index contributed by atoms with van der Waals surface area (Å²) in [6, 6.07) is 2.20. The van der Waals surface area contributed by atoms with Crippen molar-refractivity contribution in [1.29, 1.82) is 0 Å². The highest BCUT2D eigenvalue weighted by molar-refractivity contribution is 5.28. The predicted octanol–water partition coefficient (Wildman–Crippen LogP) is 2.48. The van der Waals surface area contributed by atoms with Crippen molar-refractivity contribution in [3.05, 3.63) is 12.3 Å². The third-order valence-corrected chi connectivity index (χ3v) is 2.24. The van der Waals surface area contributed by atoms with Crippen molar-refractivity contribution in [2.75, 3.05) is 11.9 Å². The Kier molecular flexibility index (Phi) is 4.87. The van der Waals surface area contributed by atoms with E-state index in [1.807, 2.05) is 6.92 Å². The highest BCUT2D eigenvalue weighted by Crippen LogP contribution is 2.10. The molecule has 0 spiro atoms. The van der Waals surface area contributed by atoms with Gasteiger partial charge in [0.05, 0.1) is 6.61 Å². The molecule has 0 saturated heterocycles. The fraction of sp³-hybridized carbons (Fsp3) is 0.636. The monoisotopic (exact) mass is 209 g/mol. The number of nitrogens with one attached hydrogen (secondary N) is 1. The van der Waals surface area contributed by atoms with Crippen molar-refractivity contribution < 1.29 is 4.74 Å². The molecule has 1 rings (SSSR count). The first-order valence-corrected chi connectivity index (χ1v) is 5.52. The third kappa shape index (κ3) is 3.73. The Morgan fingerprint density at radius 2 is 2.07 bits per heavy atom. The van der Waals surface area contributed by atoms with E-state index in [4.69, 9.17) is 4.74 Å². The zero-order chi connectivity index (χ0) is 11.1. The summed E-state index contributed by atoms with van der Waals surface area (Å²) in [7, 11) is 0. The predicted molar refractivity (Wildman–Crippen MR) is 61.2 cm³/mol. The fourth-order valence-corrected chi connectivity index (χ4v) is 1.32. The van der Waals surface area contributed by atoms with Crippen molar-refractivity contribution in [3.8, 4) is 5.88 Å². The molecule has 0 aliphatic carbocycles. The molecule has 1 aromatic rings. The highest BCUT2D eigenvalue weighted by Gasteiger charge is 2.05. The van der Waals surface area contributed by atoms with Gasteiger partial charge in [-0.05, 0) is 19.8 Å². The largest absolute Gasteiger partial charge is 0.478 e. The molecule has 0 aliphatic heterocycles. The van der Waals surface area contributed by atoms with Gasteiger partial charge < -0.3 is 10.1 Å². The number of nitrogens with zero attached hydrogens (tertiary/aromatic N) is 2. The van der Waals surface area contributed by atoms with Gasteiger partial charge in [-0.15, -0.1) is 0 Å². The number of hydrogen-bond donors (Lipinski definition) is 1. The molecule has 1 N–H and O–H groups in total. The quantitative estimate of drug-likeness (QED) is 0.781. The Morgan fingerprint density at radius 1 is 1.33 bits per heavy atom. The van der Waals surface area contributed by atoms with Crippen LogP contribution >= 0.6 is 0 Å². The molecule has 0 aliphatic rings. The van der Waals surface area contributed by atoms with E-state index in [-0.39, 0.29) is 0 Å². The minimum absolute atomic E-state index is 0.432. The van der Waals surface area contributed by atoms with Crippen LogP contribution in [0.3, 0.4) is 0 Å². The summed E-state index contributed by atoms with van der Waals surface area (Å²) in [6.07, 6.45) is 3.85. The maximum absolute atomic E-state index is 5.30. The van der Waals surface area contributed by atoms with Gasteiger partial charge in [-0.25, -0.2) is 4.98 Å². The van der Waals surface area contributed by atoms with Crippen molar-refractivity contribution in [1.82, 2.24) is 9.97 Å². The highest BCUT2D eigenvalue weighted by atomic mass is 16.5. The van der Waals surface area contributed by atoms with E-state index in [0.717, 1.165) is 12.8 Å². The number of anilines is 1. The minimum atomic E-state index is 0.432. The van der Waals surface area contributed by atoms with Crippen LogP contribution in [0.5, 0.6) is 5.88 Å². The van der Waals surface area contributed by atoms with Crippen molar-refractivity contribution >= 4 is 5.95 Å². The van der Waals surface area contributed by atoms with E-state index in [2.05, 4.69) is 29.1 Å². The van der Waals surface area contributed by atoms with E-state index in [1.165, 1.54) is 0 Å². The van der Waals surface area contributed by atoms with Gasteiger partial charge in [0.25, 0.3) is 0 Å². The molecule has 0 aromatic carbocycles. The topological polar surface area (TPSA) is 47.0 Å². The van der Waals surface area contributed by atoms with Crippen LogP contribution in [0.15, 0.2) is 12.3 Å². The van der Waals surface area contributed by atoms with Gasteiger partial charge in [0.2, 0.25) is 11.8 Å². The number of aromatic nitrogens is 2. The lowest BCUT2D eigenvalue weighted by molar-refractivity contribution is 0.326. The van der Waals surface area contributed by atoms with E-state index in [9.17, 15) is 0 Å². The van der Waals surface area contributed by atoms with E-state index < -0.39 is 0 Å². The molecular weight excluding hydrogens is 190 g/mol. The second-order valence-corrected chi connectivity index (χ2v) is 3.31. The van der Waals surface area contributed by atoms with E-state index in [0.29, 0.717) is 24.5 Å². The molecule has 0 radical (unpaired) electrons. The summed E-state index contributed by atoms with van der Waals surface area (Å²) in [6.45, 7) is 6.86. The zero-order valence-electron chi connectivity index (χ0n) is 9.66. The molecule has 1 heterocycles. The summed E-state index contributed by atoms with van der Waals surface area (Å²) >= 11 is 0. The Morgan fingerprint density at radius 3 is 2.67 bits per heavy atom. The summed E-state index contributed by atoms with van der Waals surface area (Å²) in [5.41, 5.74) is 0. The normalized spacial score (nSPS) is 10.4. The molecule has 4 heteroatoms. The molecule has 0 amide bonds. The van der Waals surface area contributed by atoms with Crippen LogP contribution in [0.1, 0.15) is 33.6 Å². The van der Waals surface area contributed by atoms with Gasteiger partial charge in [-0.3, -0.25) is 0 Å². The van der Waals surface area contributed by atoms with Crippen LogP contribution in [0.25, 0.3) is 0 Å². The Hall–Kier alpha value is -1.32. The zero-order valence-corrected chi connectivity index (χ0v) is 9.66. The SMILES string of the molecule is CCOc1ccnc(NC(CC)CC)n1. The maximum atomic E-state index is 5.30. The first-order chi connectivity index (χ1) is 7.30. The number of ether oxygens (including phenoxy) is 1. The molecule has 0 bridgehead atoms. The average molecular weight is 209 g/mol. The van der Waals surface area contributed by atoms with Crippen LogP contribution in [0.4, 0.5) is 5.95 Å². The fourth-order valence-electron chi connectivity index (χ4n) is 1.32. The molecule has 0 saturated carbocycles. The second kappa shape index (κ2) is 6.22. The Bertz CT molecular complexity index is 287. The van der Waals surface area contributed by atoms with E-state index >= 15 is 0 Å².